The normalized spacial score (nSPS) is 15.6. The monoisotopic (exact) mass is 352 g/mol. The van der Waals surface area contributed by atoms with Gasteiger partial charge in [-0.3, -0.25) is 4.90 Å². The van der Waals surface area contributed by atoms with Crippen LogP contribution in [0.1, 0.15) is 29.2 Å². The molecule has 0 radical (unpaired) electrons. The molecule has 0 saturated heterocycles. The van der Waals surface area contributed by atoms with Crippen molar-refractivity contribution in [3.8, 4) is 0 Å². The van der Waals surface area contributed by atoms with Crippen molar-refractivity contribution in [1.82, 2.24) is 19.9 Å². The van der Waals surface area contributed by atoms with Gasteiger partial charge in [-0.1, -0.05) is 18.2 Å². The Morgan fingerprint density at radius 1 is 1.16 bits per heavy atom. The summed E-state index contributed by atoms with van der Waals surface area (Å²) in [6.45, 7) is 4.05. The van der Waals surface area contributed by atoms with Gasteiger partial charge >= 0.3 is 0 Å². The van der Waals surface area contributed by atoms with Gasteiger partial charge in [0.15, 0.2) is 5.82 Å². The van der Waals surface area contributed by atoms with Crippen molar-refractivity contribution in [2.24, 2.45) is 0 Å². The van der Waals surface area contributed by atoms with E-state index in [0.717, 1.165) is 25.2 Å². The summed E-state index contributed by atoms with van der Waals surface area (Å²) < 4.78 is 0. The second-order valence-electron chi connectivity index (χ2n) is 6.13. The van der Waals surface area contributed by atoms with Crippen LogP contribution in [0.25, 0.3) is 0 Å². The summed E-state index contributed by atoms with van der Waals surface area (Å²) in [6, 6.07) is 12.1. The fraction of sp³-hybridized carbons (Fsp3) is 0.278. The number of nitrogens with one attached hydrogen (secondary N) is 1. The lowest BCUT2D eigenvalue weighted by molar-refractivity contribution is 0.186. The van der Waals surface area contributed by atoms with Gasteiger partial charge in [-0.2, -0.15) is 15.0 Å². The van der Waals surface area contributed by atoms with E-state index in [-0.39, 0.29) is 12.0 Å². The Bertz CT molecular complexity index is 863. The molecule has 6 nitrogen and oxygen atoms in total. The van der Waals surface area contributed by atoms with Crippen LogP contribution in [0.5, 0.6) is 0 Å². The zero-order chi connectivity index (χ0) is 17.2. The molecule has 0 spiro atoms. The molecule has 4 rings (SSSR count). The minimum absolute atomic E-state index is 0.0784. The maximum absolute atomic E-state index is 5.92. The zero-order valence-electron chi connectivity index (χ0n) is 14.0. The van der Waals surface area contributed by atoms with E-state index in [1.807, 2.05) is 41.7 Å². The van der Waals surface area contributed by atoms with E-state index in [0.29, 0.717) is 11.8 Å². The first-order valence-corrected chi connectivity index (χ1v) is 9.20. The predicted molar refractivity (Wildman–Crippen MR) is 101 cm³/mol. The molecule has 0 unspecified atom stereocenters. The second-order valence-corrected chi connectivity index (χ2v) is 7.13. The van der Waals surface area contributed by atoms with Gasteiger partial charge in [0.1, 0.15) is 0 Å². The number of anilines is 3. The van der Waals surface area contributed by atoms with Gasteiger partial charge in [0.05, 0.1) is 6.04 Å². The van der Waals surface area contributed by atoms with Crippen LogP contribution in [0.2, 0.25) is 0 Å². The number of thiophene rings is 1. The number of fused-ring (bicyclic) bond motifs is 1. The molecule has 7 heteroatoms. The summed E-state index contributed by atoms with van der Waals surface area (Å²) in [5.74, 6) is 1.42. The molecule has 0 fully saturated rings. The number of nitrogens with two attached hydrogens (primary N) is 1. The van der Waals surface area contributed by atoms with Crippen LogP contribution < -0.4 is 11.1 Å². The van der Waals surface area contributed by atoms with Crippen LogP contribution in [0, 0.1) is 0 Å². The number of aromatic nitrogens is 3. The average Bonchev–Trinajstić information content (AvgIpc) is 3.09. The van der Waals surface area contributed by atoms with Gasteiger partial charge in [0.25, 0.3) is 0 Å². The van der Waals surface area contributed by atoms with E-state index in [1.54, 1.807) is 0 Å². The largest absolute Gasteiger partial charge is 0.368 e. The van der Waals surface area contributed by atoms with Gasteiger partial charge in [-0.05, 0) is 42.5 Å². The Morgan fingerprint density at radius 2 is 2.00 bits per heavy atom. The smallest absolute Gasteiger partial charge is 0.232 e. The van der Waals surface area contributed by atoms with E-state index in [1.165, 1.54) is 10.4 Å². The molecule has 1 atom stereocenters. The van der Waals surface area contributed by atoms with E-state index in [9.17, 15) is 0 Å². The molecule has 0 aliphatic carbocycles. The maximum atomic E-state index is 5.92. The van der Waals surface area contributed by atoms with Crippen molar-refractivity contribution in [2.75, 3.05) is 17.6 Å². The number of benzene rings is 1. The number of para-hydroxylation sites is 1. The molecule has 25 heavy (non-hydrogen) atoms. The predicted octanol–water partition coefficient (Wildman–Crippen LogP) is 3.38. The summed E-state index contributed by atoms with van der Waals surface area (Å²) in [6.07, 6.45) is 1.08. The molecule has 0 bridgehead atoms. The highest BCUT2D eigenvalue weighted by Crippen LogP contribution is 2.29. The molecule has 1 aliphatic rings. The highest BCUT2D eigenvalue weighted by Gasteiger charge is 2.24. The van der Waals surface area contributed by atoms with Crippen molar-refractivity contribution in [3.63, 3.8) is 0 Å². The van der Waals surface area contributed by atoms with Crippen LogP contribution in [0.3, 0.4) is 0 Å². The molecule has 1 aliphatic heterocycles. The minimum Gasteiger partial charge on any atom is -0.368 e. The van der Waals surface area contributed by atoms with E-state index in [4.69, 9.17) is 5.73 Å². The Labute approximate surface area is 150 Å². The van der Waals surface area contributed by atoms with Crippen molar-refractivity contribution in [2.45, 2.75) is 25.9 Å². The molecular weight excluding hydrogens is 332 g/mol. The molecule has 2 aromatic heterocycles. The molecule has 1 aromatic carbocycles. The lowest BCUT2D eigenvalue weighted by Gasteiger charge is -2.31. The maximum Gasteiger partial charge on any atom is 0.232 e. The van der Waals surface area contributed by atoms with Gasteiger partial charge in [-0.15, -0.1) is 11.3 Å². The first-order chi connectivity index (χ1) is 12.2. The van der Waals surface area contributed by atoms with E-state index >= 15 is 0 Å². The first-order valence-electron chi connectivity index (χ1n) is 8.32. The number of hydrogen-bond acceptors (Lipinski definition) is 7. The van der Waals surface area contributed by atoms with Gasteiger partial charge in [0, 0.05) is 23.7 Å². The third kappa shape index (κ3) is 3.47. The fourth-order valence-electron chi connectivity index (χ4n) is 3.07. The quantitative estimate of drug-likeness (QED) is 0.749. The summed E-state index contributed by atoms with van der Waals surface area (Å²) in [7, 11) is 0. The van der Waals surface area contributed by atoms with Crippen molar-refractivity contribution in [3.05, 3.63) is 58.0 Å². The van der Waals surface area contributed by atoms with Crippen LogP contribution in [0.4, 0.5) is 17.6 Å². The lowest BCUT2D eigenvalue weighted by atomic mass is 10.1. The molecule has 0 amide bonds. The minimum atomic E-state index is 0.0784. The van der Waals surface area contributed by atoms with Crippen molar-refractivity contribution in [1.29, 1.82) is 0 Å². The standard InChI is InChI=1S/C18H20N6S/c1-12(24-9-7-15-13(11-24)8-10-25-15)16-21-17(19)23-18(22-16)20-14-5-3-2-4-6-14/h2-6,8,10,12H,7,9,11H2,1H3,(H3,19,20,21,22,23)/t12-/m0/s1. The summed E-state index contributed by atoms with van der Waals surface area (Å²) in [5, 5.41) is 5.36. The number of rotatable bonds is 4. The summed E-state index contributed by atoms with van der Waals surface area (Å²) in [4.78, 5) is 17.1. The summed E-state index contributed by atoms with van der Waals surface area (Å²) >= 11 is 1.84. The van der Waals surface area contributed by atoms with Crippen LogP contribution in [0.15, 0.2) is 41.8 Å². The SMILES string of the molecule is C[C@@H](c1nc(N)nc(Nc2ccccc2)n1)N1CCc2sccc2C1. The van der Waals surface area contributed by atoms with Crippen molar-refractivity contribution >= 4 is 28.9 Å². The summed E-state index contributed by atoms with van der Waals surface area (Å²) in [5.41, 5.74) is 8.26. The fourth-order valence-corrected chi connectivity index (χ4v) is 3.96. The molecular formula is C18H20N6S. The highest BCUT2D eigenvalue weighted by molar-refractivity contribution is 7.10. The van der Waals surface area contributed by atoms with E-state index in [2.05, 4.69) is 43.5 Å². The average molecular weight is 352 g/mol. The number of nitrogens with zero attached hydrogens (tertiary/aromatic N) is 4. The molecule has 0 saturated carbocycles. The Balaban J connectivity index is 1.55. The highest BCUT2D eigenvalue weighted by atomic mass is 32.1. The van der Waals surface area contributed by atoms with Gasteiger partial charge < -0.3 is 11.1 Å². The molecule has 3 aromatic rings. The molecule has 3 N–H and O–H groups in total. The topological polar surface area (TPSA) is 80.0 Å². The molecule has 128 valence electrons. The van der Waals surface area contributed by atoms with Crippen LogP contribution in [-0.2, 0) is 13.0 Å². The van der Waals surface area contributed by atoms with Crippen molar-refractivity contribution < 1.29 is 0 Å². The second kappa shape index (κ2) is 6.78. The van der Waals surface area contributed by atoms with Gasteiger partial charge in [0.2, 0.25) is 11.9 Å². The Hall–Kier alpha value is -2.51. The number of hydrogen-bond donors (Lipinski definition) is 2. The Morgan fingerprint density at radius 3 is 2.84 bits per heavy atom. The Kier molecular flexibility index (Phi) is 4.33. The van der Waals surface area contributed by atoms with Crippen LogP contribution in [-0.4, -0.2) is 26.4 Å². The lowest BCUT2D eigenvalue weighted by Crippen LogP contribution is -2.33. The number of nitrogen functional groups attached to an aromatic ring is 1. The van der Waals surface area contributed by atoms with E-state index < -0.39 is 0 Å². The third-order valence-electron chi connectivity index (χ3n) is 4.46. The molecule has 3 heterocycles. The first kappa shape index (κ1) is 16.0. The van der Waals surface area contributed by atoms with Gasteiger partial charge in [-0.25, -0.2) is 0 Å². The third-order valence-corrected chi connectivity index (χ3v) is 5.48. The van der Waals surface area contributed by atoms with Crippen LogP contribution >= 0.6 is 11.3 Å². The zero-order valence-corrected chi connectivity index (χ0v) is 14.8.